The van der Waals surface area contributed by atoms with E-state index in [-0.39, 0.29) is 12.3 Å². The van der Waals surface area contributed by atoms with Gasteiger partial charge in [-0.25, -0.2) is 4.79 Å². The lowest BCUT2D eigenvalue weighted by Gasteiger charge is -2.27. The zero-order chi connectivity index (χ0) is 20.6. The second kappa shape index (κ2) is 11.3. The van der Waals surface area contributed by atoms with Gasteiger partial charge in [0.15, 0.2) is 0 Å². The van der Waals surface area contributed by atoms with Crippen LogP contribution in [0.1, 0.15) is 96.8 Å². The van der Waals surface area contributed by atoms with Crippen molar-refractivity contribution in [3.63, 3.8) is 0 Å². The number of aliphatic carboxylic acids is 1. The molecule has 28 heavy (non-hydrogen) atoms. The molecule has 5 nitrogen and oxygen atoms in total. The molecule has 2 fully saturated rings. The summed E-state index contributed by atoms with van der Waals surface area (Å²) in [5, 5.41) is 18.8. The average Bonchev–Trinajstić information content (AvgIpc) is 3.02. The average molecular weight is 397 g/mol. The number of hydrogen-bond acceptors (Lipinski definition) is 4. The van der Waals surface area contributed by atoms with Gasteiger partial charge in [-0.3, -0.25) is 4.79 Å². The Morgan fingerprint density at radius 3 is 2.39 bits per heavy atom. The molecule has 2 aliphatic carbocycles. The molecule has 0 heterocycles. The third-order valence-corrected chi connectivity index (χ3v) is 7.27. The van der Waals surface area contributed by atoms with Gasteiger partial charge in [0.25, 0.3) is 5.79 Å². The quantitative estimate of drug-likeness (QED) is 0.360. The second-order valence-electron chi connectivity index (χ2n) is 9.32. The number of carboxylic acids is 1. The van der Waals surface area contributed by atoms with Crippen LogP contribution in [-0.2, 0) is 14.3 Å². The first-order valence-electron chi connectivity index (χ1n) is 11.4. The number of carbonyl (C=O) groups excluding carboxylic acids is 1. The highest BCUT2D eigenvalue weighted by molar-refractivity contribution is 5.83. The molecule has 0 aliphatic heterocycles. The maximum absolute atomic E-state index is 12.3. The monoisotopic (exact) mass is 396 g/mol. The minimum atomic E-state index is -2.08. The van der Waals surface area contributed by atoms with Crippen molar-refractivity contribution in [3.8, 4) is 0 Å². The number of carboxylic acid groups (broad SMARTS) is 1. The van der Waals surface area contributed by atoms with Crippen molar-refractivity contribution in [1.82, 2.24) is 0 Å². The maximum Gasteiger partial charge on any atom is 0.364 e. The Labute approximate surface area is 170 Å². The summed E-state index contributed by atoms with van der Waals surface area (Å²) in [6, 6.07) is 0. The lowest BCUT2D eigenvalue weighted by atomic mass is 9.79. The van der Waals surface area contributed by atoms with Crippen LogP contribution < -0.4 is 0 Å². The molecule has 3 atom stereocenters. The predicted octanol–water partition coefficient (Wildman–Crippen LogP) is 4.95. The first-order chi connectivity index (χ1) is 13.4. The van der Waals surface area contributed by atoms with Gasteiger partial charge in [-0.1, -0.05) is 58.3 Å². The van der Waals surface area contributed by atoms with Gasteiger partial charge in [-0.15, -0.1) is 0 Å². The summed E-state index contributed by atoms with van der Waals surface area (Å²) in [6.45, 7) is 2.36. The summed E-state index contributed by atoms with van der Waals surface area (Å²) in [5.74, 6) is -0.437. The number of methoxy groups -OCH3 is 1. The SMILES string of the molecule is COC(O)(CCCCC[C@H]1C(=O)CC[C@@H]1CCCC1CCC(C)CC1)C(=O)O. The molecule has 0 bridgehead atoms. The van der Waals surface area contributed by atoms with Crippen LogP contribution in [0.2, 0.25) is 0 Å². The van der Waals surface area contributed by atoms with Crippen LogP contribution in [0.25, 0.3) is 0 Å². The van der Waals surface area contributed by atoms with Crippen molar-refractivity contribution in [2.24, 2.45) is 23.7 Å². The number of carbonyl (C=O) groups is 2. The van der Waals surface area contributed by atoms with E-state index in [9.17, 15) is 14.7 Å². The van der Waals surface area contributed by atoms with Gasteiger partial charge < -0.3 is 14.9 Å². The Morgan fingerprint density at radius 2 is 1.75 bits per heavy atom. The topological polar surface area (TPSA) is 83.8 Å². The van der Waals surface area contributed by atoms with E-state index >= 15 is 0 Å². The number of aliphatic hydroxyl groups is 1. The molecule has 1 unspecified atom stereocenters. The van der Waals surface area contributed by atoms with E-state index in [1.54, 1.807) is 0 Å². The van der Waals surface area contributed by atoms with Crippen molar-refractivity contribution in [1.29, 1.82) is 0 Å². The largest absolute Gasteiger partial charge is 0.477 e. The van der Waals surface area contributed by atoms with Crippen LogP contribution in [0.15, 0.2) is 0 Å². The molecule has 0 aromatic heterocycles. The van der Waals surface area contributed by atoms with Crippen LogP contribution >= 0.6 is 0 Å². The van der Waals surface area contributed by atoms with E-state index in [4.69, 9.17) is 9.84 Å². The van der Waals surface area contributed by atoms with Crippen LogP contribution in [0, 0.1) is 23.7 Å². The summed E-state index contributed by atoms with van der Waals surface area (Å²) < 4.78 is 4.72. The van der Waals surface area contributed by atoms with Gasteiger partial charge in [-0.05, 0) is 43.4 Å². The van der Waals surface area contributed by atoms with Gasteiger partial charge in [0, 0.05) is 25.9 Å². The second-order valence-corrected chi connectivity index (χ2v) is 9.32. The fraction of sp³-hybridized carbons (Fsp3) is 0.913. The lowest BCUT2D eigenvalue weighted by Crippen LogP contribution is -2.40. The minimum Gasteiger partial charge on any atom is -0.477 e. The van der Waals surface area contributed by atoms with E-state index in [1.807, 2.05) is 0 Å². The molecule has 2 aliphatic rings. The fourth-order valence-electron chi connectivity index (χ4n) is 5.21. The highest BCUT2D eigenvalue weighted by atomic mass is 16.6. The van der Waals surface area contributed by atoms with Crippen molar-refractivity contribution in [3.05, 3.63) is 0 Å². The Morgan fingerprint density at radius 1 is 1.04 bits per heavy atom. The maximum atomic E-state index is 12.3. The third kappa shape index (κ3) is 6.84. The molecule has 0 aromatic rings. The molecular weight excluding hydrogens is 356 g/mol. The molecule has 0 radical (unpaired) electrons. The highest BCUT2D eigenvalue weighted by Gasteiger charge is 2.36. The number of ether oxygens (including phenoxy) is 1. The Balaban J connectivity index is 1.64. The number of ketones is 1. The van der Waals surface area contributed by atoms with Gasteiger partial charge >= 0.3 is 5.97 Å². The molecule has 162 valence electrons. The normalized spacial score (nSPS) is 30.3. The van der Waals surface area contributed by atoms with E-state index in [0.717, 1.165) is 43.9 Å². The first-order valence-corrected chi connectivity index (χ1v) is 11.4. The lowest BCUT2D eigenvalue weighted by molar-refractivity contribution is -0.216. The first kappa shape index (κ1) is 23.3. The molecular formula is C23H40O5. The summed E-state index contributed by atoms with van der Waals surface area (Å²) in [6.07, 6.45) is 14.4. The molecule has 2 rings (SSSR count). The van der Waals surface area contributed by atoms with Crippen molar-refractivity contribution >= 4 is 11.8 Å². The Bertz CT molecular complexity index is 497. The highest BCUT2D eigenvalue weighted by Crippen LogP contribution is 2.38. The number of unbranched alkanes of at least 4 members (excludes halogenated alkanes) is 2. The van der Waals surface area contributed by atoms with Crippen molar-refractivity contribution in [2.75, 3.05) is 7.11 Å². The molecule has 2 N–H and O–H groups in total. The zero-order valence-corrected chi connectivity index (χ0v) is 17.8. The molecule has 5 heteroatoms. The smallest absolute Gasteiger partial charge is 0.364 e. The number of Topliss-reactive ketones (excluding diaryl/α,β-unsaturated/α-hetero) is 1. The van der Waals surface area contributed by atoms with Crippen LogP contribution in [0.5, 0.6) is 0 Å². The standard InChI is InChI=1S/C23H40O5/c1-17-10-12-18(13-11-17)7-6-8-19-14-15-21(24)20(19)9-4-3-5-16-23(27,28-2)22(25)26/h17-20,27H,3-16H2,1-2H3,(H,25,26)/t17?,18?,19-,20+,23?/m0/s1. The van der Waals surface area contributed by atoms with Crippen molar-refractivity contribution < 1.29 is 24.5 Å². The molecule has 2 saturated carbocycles. The van der Waals surface area contributed by atoms with Gasteiger partial charge in [0.1, 0.15) is 5.78 Å². The summed E-state index contributed by atoms with van der Waals surface area (Å²) in [7, 11) is 1.21. The van der Waals surface area contributed by atoms with E-state index < -0.39 is 11.8 Å². The van der Waals surface area contributed by atoms with Crippen molar-refractivity contribution in [2.45, 2.75) is 103 Å². The van der Waals surface area contributed by atoms with Crippen LogP contribution in [0.3, 0.4) is 0 Å². The summed E-state index contributed by atoms with van der Waals surface area (Å²) in [4.78, 5) is 23.3. The Hall–Kier alpha value is -0.940. The number of rotatable bonds is 12. The predicted molar refractivity (Wildman–Crippen MR) is 109 cm³/mol. The minimum absolute atomic E-state index is 0.0842. The fourth-order valence-corrected chi connectivity index (χ4v) is 5.21. The third-order valence-electron chi connectivity index (χ3n) is 7.27. The van der Waals surface area contributed by atoms with E-state index in [0.29, 0.717) is 18.1 Å². The van der Waals surface area contributed by atoms with Gasteiger partial charge in [0.2, 0.25) is 0 Å². The Kier molecular flexibility index (Phi) is 9.42. The van der Waals surface area contributed by atoms with Gasteiger partial charge in [0.05, 0.1) is 0 Å². The van der Waals surface area contributed by atoms with Crippen LogP contribution in [0.4, 0.5) is 0 Å². The van der Waals surface area contributed by atoms with Gasteiger partial charge in [-0.2, -0.15) is 0 Å². The van der Waals surface area contributed by atoms with E-state index in [1.165, 1.54) is 52.1 Å². The molecule has 0 saturated heterocycles. The molecule has 0 amide bonds. The number of hydrogen-bond donors (Lipinski definition) is 2. The summed E-state index contributed by atoms with van der Waals surface area (Å²) in [5.41, 5.74) is 0. The zero-order valence-electron chi connectivity index (χ0n) is 17.8. The summed E-state index contributed by atoms with van der Waals surface area (Å²) >= 11 is 0. The van der Waals surface area contributed by atoms with Crippen LogP contribution in [-0.4, -0.2) is 34.9 Å². The van der Waals surface area contributed by atoms with E-state index in [2.05, 4.69) is 6.92 Å². The molecule has 0 spiro atoms. The molecule has 0 aromatic carbocycles.